The predicted octanol–water partition coefficient (Wildman–Crippen LogP) is 4.63. The van der Waals surface area contributed by atoms with E-state index >= 15 is 0 Å². The summed E-state index contributed by atoms with van der Waals surface area (Å²) in [6.07, 6.45) is 3.59. The summed E-state index contributed by atoms with van der Waals surface area (Å²) < 4.78 is 5.39. The lowest BCUT2D eigenvalue weighted by Gasteiger charge is -2.34. The molecule has 1 atom stereocenters. The van der Waals surface area contributed by atoms with E-state index in [0.717, 1.165) is 36.0 Å². The molecule has 9 heteroatoms. The van der Waals surface area contributed by atoms with Gasteiger partial charge >= 0.3 is 0 Å². The highest BCUT2D eigenvalue weighted by molar-refractivity contribution is 5.97. The van der Waals surface area contributed by atoms with Crippen molar-refractivity contribution in [3.05, 3.63) is 60.3 Å². The maximum absolute atomic E-state index is 13.0. The zero-order valence-electron chi connectivity index (χ0n) is 22.4. The number of pyridine rings is 1. The zero-order valence-corrected chi connectivity index (χ0v) is 22.4. The third kappa shape index (κ3) is 5.57. The first-order valence-electron chi connectivity index (χ1n) is 13.2. The monoisotopic (exact) mass is 527 g/mol. The number of benzene rings is 2. The van der Waals surface area contributed by atoms with Crippen LogP contribution in [-0.2, 0) is 4.79 Å². The van der Waals surface area contributed by atoms with E-state index in [1.165, 1.54) is 0 Å². The number of piperidine rings is 1. The minimum Gasteiger partial charge on any atom is -0.507 e. The van der Waals surface area contributed by atoms with Crippen LogP contribution in [0.25, 0.3) is 33.5 Å². The first kappa shape index (κ1) is 26.2. The Balaban J connectivity index is 1.32. The van der Waals surface area contributed by atoms with Gasteiger partial charge in [0, 0.05) is 42.9 Å². The first-order valence-corrected chi connectivity index (χ1v) is 13.2. The number of nitrogens with zero attached hydrogens (tertiary/aromatic N) is 3. The number of carbonyl (C=O) groups is 2. The van der Waals surface area contributed by atoms with Crippen molar-refractivity contribution < 1.29 is 19.4 Å². The number of hydrogen-bond donors (Lipinski definition) is 3. The second-order valence-corrected chi connectivity index (χ2v) is 10.3. The van der Waals surface area contributed by atoms with E-state index in [4.69, 9.17) is 4.74 Å². The highest BCUT2D eigenvalue weighted by atomic mass is 16.5. The van der Waals surface area contributed by atoms with Gasteiger partial charge in [-0.3, -0.25) is 9.59 Å². The van der Waals surface area contributed by atoms with Gasteiger partial charge in [0.2, 0.25) is 11.8 Å². The van der Waals surface area contributed by atoms with Crippen LogP contribution in [-0.4, -0.2) is 63.5 Å². The van der Waals surface area contributed by atoms with E-state index < -0.39 is 0 Å². The Morgan fingerprint density at radius 1 is 1.18 bits per heavy atom. The van der Waals surface area contributed by atoms with E-state index in [-0.39, 0.29) is 29.4 Å². The standard InChI is InChI=1S/C30H33N5O4/c1-18(2)30(38)35-13-5-6-19(17-35)16-32-28(37)21-8-10-24-25(15-21)34-27(33-24)23-14-20(9-11-26(23)36)22-7-4-12-31-29(22)39-3/h4,7-12,14-15,18-19,36H,5-6,13,16-17H2,1-3H3,(H,32,37)(H,33,34). The van der Waals surface area contributed by atoms with Crippen LogP contribution in [0.15, 0.2) is 54.7 Å². The molecule has 39 heavy (non-hydrogen) atoms. The zero-order chi connectivity index (χ0) is 27.5. The number of aromatic nitrogens is 3. The quantitative estimate of drug-likeness (QED) is 0.322. The average Bonchev–Trinajstić information content (AvgIpc) is 3.39. The van der Waals surface area contributed by atoms with Gasteiger partial charge in [0.25, 0.3) is 5.91 Å². The molecular formula is C30H33N5O4. The summed E-state index contributed by atoms with van der Waals surface area (Å²) in [5, 5.41) is 13.6. The lowest BCUT2D eigenvalue weighted by Crippen LogP contribution is -2.45. The van der Waals surface area contributed by atoms with Crippen molar-refractivity contribution in [3.63, 3.8) is 0 Å². The summed E-state index contributed by atoms with van der Waals surface area (Å²) in [6, 6.07) is 14.3. The van der Waals surface area contributed by atoms with E-state index in [1.807, 2.05) is 43.0 Å². The fourth-order valence-electron chi connectivity index (χ4n) is 5.08. The minimum absolute atomic E-state index is 0.0219. The molecule has 0 bridgehead atoms. The summed E-state index contributed by atoms with van der Waals surface area (Å²) in [6.45, 7) is 5.81. The summed E-state index contributed by atoms with van der Waals surface area (Å²) in [5.41, 5.74) is 4.02. The highest BCUT2D eigenvalue weighted by Crippen LogP contribution is 2.35. The van der Waals surface area contributed by atoms with Gasteiger partial charge < -0.3 is 25.0 Å². The lowest BCUT2D eigenvalue weighted by molar-refractivity contribution is -0.136. The number of hydrogen-bond acceptors (Lipinski definition) is 6. The van der Waals surface area contributed by atoms with Gasteiger partial charge in [-0.05, 0) is 66.8 Å². The molecule has 1 fully saturated rings. The van der Waals surface area contributed by atoms with Crippen LogP contribution in [0.3, 0.4) is 0 Å². The Morgan fingerprint density at radius 2 is 2.03 bits per heavy atom. The number of imidazole rings is 1. The van der Waals surface area contributed by atoms with Crippen LogP contribution in [0.5, 0.6) is 11.6 Å². The minimum atomic E-state index is -0.178. The molecule has 0 aliphatic carbocycles. The van der Waals surface area contributed by atoms with Gasteiger partial charge in [-0.25, -0.2) is 9.97 Å². The number of phenols is 1. The van der Waals surface area contributed by atoms with E-state index in [2.05, 4.69) is 20.3 Å². The van der Waals surface area contributed by atoms with Crippen LogP contribution in [0.2, 0.25) is 0 Å². The number of fused-ring (bicyclic) bond motifs is 1. The predicted molar refractivity (Wildman–Crippen MR) is 149 cm³/mol. The molecule has 1 saturated heterocycles. The molecule has 2 amide bonds. The third-order valence-electron chi connectivity index (χ3n) is 7.15. The molecule has 1 aliphatic heterocycles. The Bertz CT molecular complexity index is 1510. The fraction of sp³-hybridized carbons (Fsp3) is 0.333. The van der Waals surface area contributed by atoms with Crippen LogP contribution in [0.4, 0.5) is 0 Å². The maximum atomic E-state index is 13.0. The molecule has 0 radical (unpaired) electrons. The van der Waals surface area contributed by atoms with E-state index in [1.54, 1.807) is 37.6 Å². The number of aromatic hydroxyl groups is 1. The molecule has 1 unspecified atom stereocenters. The van der Waals surface area contributed by atoms with Crippen LogP contribution < -0.4 is 10.1 Å². The Hall–Kier alpha value is -4.40. The third-order valence-corrected chi connectivity index (χ3v) is 7.15. The Morgan fingerprint density at radius 3 is 2.82 bits per heavy atom. The number of nitrogens with one attached hydrogen (secondary N) is 2. The largest absolute Gasteiger partial charge is 0.507 e. The molecule has 9 nitrogen and oxygen atoms in total. The molecule has 4 aromatic rings. The molecule has 3 heterocycles. The summed E-state index contributed by atoms with van der Waals surface area (Å²) >= 11 is 0. The SMILES string of the molecule is COc1ncccc1-c1ccc(O)c(-c2nc3cc(C(=O)NCC4CCCN(C(=O)C(C)C)C4)ccc3[nH]2)c1. The highest BCUT2D eigenvalue weighted by Gasteiger charge is 2.25. The number of ether oxygens (including phenoxy) is 1. The smallest absolute Gasteiger partial charge is 0.251 e. The first-order chi connectivity index (χ1) is 18.8. The number of likely N-dealkylation sites (tertiary alicyclic amines) is 1. The normalized spacial score (nSPS) is 15.5. The van der Waals surface area contributed by atoms with Crippen molar-refractivity contribution in [2.45, 2.75) is 26.7 Å². The molecule has 202 valence electrons. The Kier molecular flexibility index (Phi) is 7.49. The van der Waals surface area contributed by atoms with Gasteiger partial charge in [0.1, 0.15) is 11.6 Å². The number of carbonyl (C=O) groups excluding carboxylic acids is 2. The summed E-state index contributed by atoms with van der Waals surface area (Å²) in [4.78, 5) is 39.4. The van der Waals surface area contributed by atoms with Crippen molar-refractivity contribution in [2.24, 2.45) is 11.8 Å². The second kappa shape index (κ2) is 11.1. The topological polar surface area (TPSA) is 120 Å². The van der Waals surface area contributed by atoms with Crippen LogP contribution in [0, 0.1) is 11.8 Å². The Labute approximate surface area is 227 Å². The molecular weight excluding hydrogens is 494 g/mol. The van der Waals surface area contributed by atoms with Crippen molar-refractivity contribution >= 4 is 22.8 Å². The second-order valence-electron chi connectivity index (χ2n) is 10.3. The molecule has 2 aromatic heterocycles. The molecule has 0 saturated carbocycles. The van der Waals surface area contributed by atoms with Crippen molar-refractivity contribution in [1.29, 1.82) is 0 Å². The van der Waals surface area contributed by atoms with E-state index in [0.29, 0.717) is 41.4 Å². The molecule has 0 spiro atoms. The van der Waals surface area contributed by atoms with Gasteiger partial charge in [-0.15, -0.1) is 0 Å². The van der Waals surface area contributed by atoms with Crippen molar-refractivity contribution in [3.8, 4) is 34.1 Å². The van der Waals surface area contributed by atoms with Gasteiger partial charge in [-0.1, -0.05) is 19.9 Å². The average molecular weight is 528 g/mol. The fourth-order valence-corrected chi connectivity index (χ4v) is 5.08. The number of H-pyrrole nitrogens is 1. The molecule has 3 N–H and O–H groups in total. The molecule has 5 rings (SSSR count). The summed E-state index contributed by atoms with van der Waals surface area (Å²) in [5.74, 6) is 1.26. The van der Waals surface area contributed by atoms with Gasteiger partial charge in [0.05, 0.1) is 23.7 Å². The number of aromatic amines is 1. The maximum Gasteiger partial charge on any atom is 0.251 e. The van der Waals surface area contributed by atoms with Gasteiger partial charge in [-0.2, -0.15) is 0 Å². The number of amides is 2. The van der Waals surface area contributed by atoms with Crippen LogP contribution in [0.1, 0.15) is 37.0 Å². The number of phenolic OH excluding ortho intramolecular Hbond substituents is 1. The van der Waals surface area contributed by atoms with E-state index in [9.17, 15) is 14.7 Å². The van der Waals surface area contributed by atoms with Crippen LogP contribution >= 0.6 is 0 Å². The lowest BCUT2D eigenvalue weighted by atomic mass is 9.96. The summed E-state index contributed by atoms with van der Waals surface area (Å²) in [7, 11) is 1.57. The van der Waals surface area contributed by atoms with Gasteiger partial charge in [0.15, 0.2) is 0 Å². The van der Waals surface area contributed by atoms with Crippen molar-refractivity contribution in [2.75, 3.05) is 26.7 Å². The number of rotatable bonds is 7. The molecule has 2 aromatic carbocycles. The number of methoxy groups -OCH3 is 1. The van der Waals surface area contributed by atoms with Crippen molar-refractivity contribution in [1.82, 2.24) is 25.2 Å². The molecule has 1 aliphatic rings.